The van der Waals surface area contributed by atoms with Crippen molar-refractivity contribution < 1.29 is 13.4 Å². The quantitative estimate of drug-likeness (QED) is 0.276. The van der Waals surface area contributed by atoms with E-state index in [0.717, 1.165) is 34.6 Å². The summed E-state index contributed by atoms with van der Waals surface area (Å²) in [5.74, 6) is 0.0626. The van der Waals surface area contributed by atoms with E-state index >= 15 is 0 Å². The van der Waals surface area contributed by atoms with E-state index in [2.05, 4.69) is 46.5 Å². The summed E-state index contributed by atoms with van der Waals surface area (Å²) in [6.45, 7) is 15.2. The Kier molecular flexibility index (Phi) is 8.60. The van der Waals surface area contributed by atoms with Gasteiger partial charge >= 0.3 is 0 Å². The molecule has 34 heavy (non-hydrogen) atoms. The number of rotatable bonds is 8. The molecule has 2 aromatic rings. The van der Waals surface area contributed by atoms with Crippen LogP contribution < -0.4 is 10.6 Å². The zero-order valence-electron chi connectivity index (χ0n) is 21.4. The molecular formula is C29H40FO2PSi. The van der Waals surface area contributed by atoms with Crippen molar-refractivity contribution in [1.82, 2.24) is 0 Å². The molecule has 0 unspecified atom stereocenters. The van der Waals surface area contributed by atoms with Crippen LogP contribution in [0, 0.1) is 5.92 Å². The summed E-state index contributed by atoms with van der Waals surface area (Å²) in [5, 5.41) is 1.82. The van der Waals surface area contributed by atoms with Crippen LogP contribution in [0.4, 0.5) is 4.39 Å². The van der Waals surface area contributed by atoms with E-state index in [0.29, 0.717) is 12.6 Å². The first kappa shape index (κ1) is 26.9. The first-order valence-electron chi connectivity index (χ1n) is 12.3. The largest absolute Gasteiger partial charge is 0.414 e. The maximum Gasteiger partial charge on any atom is 0.192 e. The molecular weight excluding hydrogens is 458 g/mol. The van der Waals surface area contributed by atoms with Gasteiger partial charge in [-0.1, -0.05) is 94.1 Å². The van der Waals surface area contributed by atoms with E-state index in [4.69, 9.17) is 4.43 Å². The number of hydrogen-bond donors (Lipinski definition) is 0. The maximum absolute atomic E-state index is 14.5. The van der Waals surface area contributed by atoms with Gasteiger partial charge in [0.2, 0.25) is 0 Å². The highest BCUT2D eigenvalue weighted by Gasteiger charge is 2.41. The van der Waals surface area contributed by atoms with Gasteiger partial charge in [-0.05, 0) is 54.5 Å². The Bertz CT molecular complexity index is 997. The van der Waals surface area contributed by atoms with Gasteiger partial charge in [0.15, 0.2) is 8.32 Å². The molecule has 1 fully saturated rings. The van der Waals surface area contributed by atoms with E-state index in [1.54, 1.807) is 0 Å². The van der Waals surface area contributed by atoms with Crippen LogP contribution in [-0.4, -0.2) is 27.3 Å². The van der Waals surface area contributed by atoms with Crippen LogP contribution in [0.25, 0.3) is 0 Å². The van der Waals surface area contributed by atoms with E-state index < -0.39 is 15.5 Å². The van der Waals surface area contributed by atoms with Crippen molar-refractivity contribution in [2.24, 2.45) is 5.92 Å². The molecule has 0 aliphatic heterocycles. The third kappa shape index (κ3) is 6.08. The fourth-order valence-electron chi connectivity index (χ4n) is 4.44. The summed E-state index contributed by atoms with van der Waals surface area (Å²) >= 11 is 0. The van der Waals surface area contributed by atoms with Gasteiger partial charge in [0.1, 0.15) is 7.14 Å². The van der Waals surface area contributed by atoms with Crippen LogP contribution in [0.3, 0.4) is 0 Å². The van der Waals surface area contributed by atoms with Gasteiger partial charge in [0.05, 0.1) is 6.67 Å². The van der Waals surface area contributed by atoms with Gasteiger partial charge in [-0.15, -0.1) is 0 Å². The van der Waals surface area contributed by atoms with Crippen LogP contribution in [0.1, 0.15) is 40.0 Å². The third-order valence-corrected chi connectivity index (χ3v) is 15.1. The van der Waals surface area contributed by atoms with E-state index in [1.165, 1.54) is 0 Å². The summed E-state index contributed by atoms with van der Waals surface area (Å²) in [5.41, 5.74) is 2.07. The first-order chi connectivity index (χ1) is 16.0. The fraction of sp³-hybridized carbons (Fsp3) is 0.448. The molecule has 0 N–H and O–H groups in total. The molecule has 0 saturated heterocycles. The topological polar surface area (TPSA) is 26.3 Å². The second kappa shape index (κ2) is 10.9. The van der Waals surface area contributed by atoms with Crippen molar-refractivity contribution in [2.45, 2.75) is 64.3 Å². The van der Waals surface area contributed by atoms with Crippen molar-refractivity contribution in [3.05, 3.63) is 84.5 Å². The van der Waals surface area contributed by atoms with Gasteiger partial charge in [-0.25, -0.2) is 0 Å². The standard InChI is InChI=1S/C29H40FO2PSi/c1-23-24(17-19-30)21-26(32-34(5,6)29(2,3)4)22-25(23)18-20-33(31,27-13-9-7-10-14-27)28-15-11-8-12-16-28/h7-16,18,24,26H,1,17,19-22H2,2-6H3/b25-18-/t24-,26-/m1/s1. The minimum atomic E-state index is -2.86. The Morgan fingerprint density at radius 1 is 1.06 bits per heavy atom. The van der Waals surface area contributed by atoms with Gasteiger partial charge < -0.3 is 8.99 Å². The average Bonchev–Trinajstić information content (AvgIpc) is 2.80. The predicted octanol–water partition coefficient (Wildman–Crippen LogP) is 7.64. The van der Waals surface area contributed by atoms with Crippen LogP contribution in [0.2, 0.25) is 18.1 Å². The maximum atomic E-state index is 14.5. The molecule has 1 aliphatic carbocycles. The molecule has 2 nitrogen and oxygen atoms in total. The Morgan fingerprint density at radius 3 is 2.06 bits per heavy atom. The highest BCUT2D eigenvalue weighted by molar-refractivity contribution is 7.78. The molecule has 1 aliphatic rings. The van der Waals surface area contributed by atoms with Gasteiger partial charge in [-0.2, -0.15) is 0 Å². The number of benzene rings is 2. The molecule has 0 amide bonds. The average molecular weight is 499 g/mol. The SMILES string of the molecule is C=C1/C(=C\CP(=O)(c2ccccc2)c2ccccc2)C[C@H](O[Si](C)(C)C(C)(C)C)C[C@H]1CCF. The number of halogens is 1. The van der Waals surface area contributed by atoms with Crippen molar-refractivity contribution in [1.29, 1.82) is 0 Å². The van der Waals surface area contributed by atoms with Crippen molar-refractivity contribution >= 4 is 26.1 Å². The lowest BCUT2D eigenvalue weighted by molar-refractivity contribution is 0.141. The summed E-state index contributed by atoms with van der Waals surface area (Å²) < 4.78 is 34.6. The second-order valence-electron chi connectivity index (χ2n) is 11.0. The number of hydrogen-bond acceptors (Lipinski definition) is 2. The zero-order valence-corrected chi connectivity index (χ0v) is 23.3. The normalized spacial score (nSPS) is 21.1. The molecule has 5 heteroatoms. The zero-order chi connectivity index (χ0) is 25.0. The minimum Gasteiger partial charge on any atom is -0.414 e. The Morgan fingerprint density at radius 2 is 1.59 bits per heavy atom. The summed E-state index contributed by atoms with van der Waals surface area (Å²) in [7, 11) is -4.83. The molecule has 2 aromatic carbocycles. The molecule has 3 rings (SSSR count). The molecule has 184 valence electrons. The second-order valence-corrected chi connectivity index (χ2v) is 18.6. The Hall–Kier alpha value is -1.74. The van der Waals surface area contributed by atoms with Crippen LogP contribution >= 0.6 is 7.14 Å². The molecule has 0 heterocycles. The van der Waals surface area contributed by atoms with Crippen LogP contribution in [0.15, 0.2) is 84.5 Å². The lowest BCUT2D eigenvalue weighted by Gasteiger charge is -2.42. The monoisotopic (exact) mass is 498 g/mol. The highest BCUT2D eigenvalue weighted by Crippen LogP contribution is 2.46. The van der Waals surface area contributed by atoms with E-state index in [9.17, 15) is 8.96 Å². The van der Waals surface area contributed by atoms with Crippen molar-refractivity contribution in [2.75, 3.05) is 12.8 Å². The lowest BCUT2D eigenvalue weighted by Crippen LogP contribution is -2.45. The summed E-state index contributed by atoms with van der Waals surface area (Å²) in [6.07, 6.45) is 4.59. The third-order valence-electron chi connectivity index (χ3n) is 7.57. The molecule has 1 saturated carbocycles. The molecule has 0 aromatic heterocycles. The molecule has 0 radical (unpaired) electrons. The van der Waals surface area contributed by atoms with Crippen LogP contribution in [0.5, 0.6) is 0 Å². The molecule has 2 atom stereocenters. The smallest absolute Gasteiger partial charge is 0.192 e. The molecule has 0 spiro atoms. The molecule has 0 bridgehead atoms. The highest BCUT2D eigenvalue weighted by atomic mass is 31.2. The van der Waals surface area contributed by atoms with Crippen molar-refractivity contribution in [3.63, 3.8) is 0 Å². The summed E-state index contributed by atoms with van der Waals surface area (Å²) in [6, 6.07) is 19.5. The summed E-state index contributed by atoms with van der Waals surface area (Å²) in [4.78, 5) is 0. The fourth-order valence-corrected chi connectivity index (χ4v) is 8.31. The lowest BCUT2D eigenvalue weighted by atomic mass is 9.78. The minimum absolute atomic E-state index is 0.0435. The van der Waals surface area contributed by atoms with Crippen molar-refractivity contribution in [3.8, 4) is 0 Å². The van der Waals surface area contributed by atoms with Gasteiger partial charge in [0.25, 0.3) is 0 Å². The van der Waals surface area contributed by atoms with E-state index in [-0.39, 0.29) is 23.7 Å². The van der Waals surface area contributed by atoms with Gasteiger partial charge in [0, 0.05) is 22.9 Å². The Balaban J connectivity index is 1.94. The number of allylic oxidation sites excluding steroid dienone is 2. The predicted molar refractivity (Wildman–Crippen MR) is 147 cm³/mol. The van der Waals surface area contributed by atoms with Gasteiger partial charge in [-0.3, -0.25) is 4.39 Å². The Labute approximate surface area is 206 Å². The van der Waals surface area contributed by atoms with Crippen LogP contribution in [-0.2, 0) is 8.99 Å². The van der Waals surface area contributed by atoms with E-state index in [1.807, 2.05) is 60.7 Å². The first-order valence-corrected chi connectivity index (χ1v) is 17.1. The number of alkyl halides is 1.